The molecule has 1 heterocycles. The van der Waals surface area contributed by atoms with Crippen LogP contribution in [0.15, 0.2) is 72.8 Å². The van der Waals surface area contributed by atoms with Crippen molar-refractivity contribution in [3.05, 3.63) is 105 Å². The SMILES string of the molecule is O=C(c1ccc([N+](=O)[O-])cc1)N1Cc2ccccc2Cc2ccccc21. The van der Waals surface area contributed by atoms with Gasteiger partial charge in [-0.2, -0.15) is 0 Å². The van der Waals surface area contributed by atoms with Crippen LogP contribution < -0.4 is 4.90 Å². The Morgan fingerprint density at radius 2 is 1.46 bits per heavy atom. The van der Waals surface area contributed by atoms with Crippen LogP contribution in [0.5, 0.6) is 0 Å². The van der Waals surface area contributed by atoms with Crippen molar-refractivity contribution in [2.45, 2.75) is 13.0 Å². The largest absolute Gasteiger partial charge is 0.304 e. The molecule has 5 nitrogen and oxygen atoms in total. The Morgan fingerprint density at radius 1 is 0.846 bits per heavy atom. The molecule has 0 radical (unpaired) electrons. The summed E-state index contributed by atoms with van der Waals surface area (Å²) in [4.78, 5) is 25.3. The van der Waals surface area contributed by atoms with Gasteiger partial charge in [-0.25, -0.2) is 0 Å². The highest BCUT2D eigenvalue weighted by atomic mass is 16.6. The van der Waals surface area contributed by atoms with Crippen LogP contribution in [0.1, 0.15) is 27.0 Å². The van der Waals surface area contributed by atoms with Crippen LogP contribution >= 0.6 is 0 Å². The standard InChI is InChI=1S/C21H16N2O3/c24-21(15-9-11-19(12-10-15)23(25)26)22-14-18-7-2-1-5-16(18)13-17-6-3-4-8-20(17)22/h1-12H,13-14H2. The lowest BCUT2D eigenvalue weighted by atomic mass is 10.0. The molecule has 1 aliphatic heterocycles. The third-order valence-corrected chi connectivity index (χ3v) is 4.68. The van der Waals surface area contributed by atoms with E-state index in [1.54, 1.807) is 4.90 Å². The molecule has 0 saturated heterocycles. The summed E-state index contributed by atoms with van der Waals surface area (Å²) in [5.74, 6) is -0.163. The molecule has 0 fully saturated rings. The van der Waals surface area contributed by atoms with E-state index in [-0.39, 0.29) is 11.6 Å². The van der Waals surface area contributed by atoms with E-state index in [1.165, 1.54) is 29.8 Å². The van der Waals surface area contributed by atoms with Crippen LogP contribution in [0.25, 0.3) is 0 Å². The average Bonchev–Trinajstić information content (AvgIpc) is 2.84. The smallest absolute Gasteiger partial charge is 0.269 e. The number of anilines is 1. The second-order valence-corrected chi connectivity index (χ2v) is 6.27. The Labute approximate surface area is 150 Å². The van der Waals surface area contributed by atoms with Gasteiger partial charge in [0.2, 0.25) is 0 Å². The number of nitro benzene ring substituents is 1. The average molecular weight is 344 g/mol. The lowest BCUT2D eigenvalue weighted by Crippen LogP contribution is -2.30. The van der Waals surface area contributed by atoms with Crippen LogP contribution in [-0.2, 0) is 13.0 Å². The molecule has 5 heteroatoms. The highest BCUT2D eigenvalue weighted by molar-refractivity contribution is 6.06. The molecule has 3 aromatic carbocycles. The van der Waals surface area contributed by atoms with Gasteiger partial charge in [-0.1, -0.05) is 42.5 Å². The number of hydrogen-bond donors (Lipinski definition) is 0. The van der Waals surface area contributed by atoms with Gasteiger partial charge in [0.1, 0.15) is 0 Å². The number of nitro groups is 1. The van der Waals surface area contributed by atoms with Gasteiger partial charge in [0.15, 0.2) is 0 Å². The zero-order valence-corrected chi connectivity index (χ0v) is 14.0. The van der Waals surface area contributed by atoms with Gasteiger partial charge in [0, 0.05) is 23.4 Å². The Bertz CT molecular complexity index is 996. The zero-order chi connectivity index (χ0) is 18.1. The number of nitrogens with zero attached hydrogens (tertiary/aromatic N) is 2. The number of benzene rings is 3. The summed E-state index contributed by atoms with van der Waals surface area (Å²) < 4.78 is 0. The lowest BCUT2D eigenvalue weighted by molar-refractivity contribution is -0.384. The Kier molecular flexibility index (Phi) is 3.97. The van der Waals surface area contributed by atoms with Crippen LogP contribution in [-0.4, -0.2) is 10.8 Å². The summed E-state index contributed by atoms with van der Waals surface area (Å²) in [6.07, 6.45) is 0.774. The number of para-hydroxylation sites is 1. The summed E-state index contributed by atoms with van der Waals surface area (Å²) in [5, 5.41) is 10.8. The molecule has 0 atom stereocenters. The normalized spacial score (nSPS) is 12.7. The topological polar surface area (TPSA) is 63.4 Å². The quantitative estimate of drug-likeness (QED) is 0.513. The molecule has 4 rings (SSSR count). The lowest BCUT2D eigenvalue weighted by Gasteiger charge is -2.23. The molecule has 1 aliphatic rings. The Hall–Kier alpha value is -3.47. The highest BCUT2D eigenvalue weighted by Gasteiger charge is 2.25. The Morgan fingerprint density at radius 3 is 2.15 bits per heavy atom. The first-order chi connectivity index (χ1) is 12.6. The monoisotopic (exact) mass is 344 g/mol. The fraction of sp³-hybridized carbons (Fsp3) is 0.0952. The third-order valence-electron chi connectivity index (χ3n) is 4.68. The van der Waals surface area contributed by atoms with Crippen molar-refractivity contribution in [3.8, 4) is 0 Å². The summed E-state index contributed by atoms with van der Waals surface area (Å²) in [6, 6.07) is 21.8. The number of non-ortho nitro benzene ring substituents is 1. The molecule has 0 aliphatic carbocycles. The van der Waals surface area contributed by atoms with Crippen molar-refractivity contribution < 1.29 is 9.72 Å². The predicted molar refractivity (Wildman–Crippen MR) is 99.3 cm³/mol. The van der Waals surface area contributed by atoms with Gasteiger partial charge in [0.25, 0.3) is 11.6 Å². The second-order valence-electron chi connectivity index (χ2n) is 6.27. The summed E-state index contributed by atoms with van der Waals surface area (Å²) in [7, 11) is 0. The minimum absolute atomic E-state index is 0.0248. The summed E-state index contributed by atoms with van der Waals surface area (Å²) >= 11 is 0. The molecular weight excluding hydrogens is 328 g/mol. The zero-order valence-electron chi connectivity index (χ0n) is 14.0. The van der Waals surface area contributed by atoms with Gasteiger partial charge in [-0.05, 0) is 41.3 Å². The van der Waals surface area contributed by atoms with Crippen molar-refractivity contribution in [3.63, 3.8) is 0 Å². The second kappa shape index (κ2) is 6.44. The predicted octanol–water partition coefficient (Wildman–Crippen LogP) is 4.35. The van der Waals surface area contributed by atoms with E-state index < -0.39 is 4.92 Å². The molecule has 0 bridgehead atoms. The number of carbonyl (C=O) groups excluding carboxylic acids is 1. The summed E-state index contributed by atoms with van der Waals surface area (Å²) in [6.45, 7) is 0.475. The summed E-state index contributed by atoms with van der Waals surface area (Å²) in [5.41, 5.74) is 4.70. The maximum atomic E-state index is 13.2. The molecular formula is C21H16N2O3. The first-order valence-corrected chi connectivity index (χ1v) is 8.34. The number of rotatable bonds is 2. The van der Waals surface area contributed by atoms with Crippen molar-refractivity contribution in [1.82, 2.24) is 0 Å². The van der Waals surface area contributed by atoms with E-state index in [0.29, 0.717) is 12.1 Å². The van der Waals surface area contributed by atoms with Gasteiger partial charge >= 0.3 is 0 Å². The van der Waals surface area contributed by atoms with Crippen molar-refractivity contribution >= 4 is 17.3 Å². The van der Waals surface area contributed by atoms with Crippen molar-refractivity contribution in [2.24, 2.45) is 0 Å². The molecule has 1 amide bonds. The van der Waals surface area contributed by atoms with E-state index in [0.717, 1.165) is 23.2 Å². The molecule has 128 valence electrons. The first kappa shape index (κ1) is 16.0. The maximum absolute atomic E-state index is 13.2. The minimum atomic E-state index is -0.467. The molecule has 26 heavy (non-hydrogen) atoms. The molecule has 0 spiro atoms. The molecule has 0 aromatic heterocycles. The highest BCUT2D eigenvalue weighted by Crippen LogP contribution is 2.31. The van der Waals surface area contributed by atoms with Crippen LogP contribution in [0.2, 0.25) is 0 Å². The number of carbonyl (C=O) groups is 1. The van der Waals surface area contributed by atoms with Crippen molar-refractivity contribution in [2.75, 3.05) is 4.90 Å². The Balaban J connectivity index is 1.76. The van der Waals surface area contributed by atoms with Gasteiger partial charge in [-0.15, -0.1) is 0 Å². The fourth-order valence-corrected chi connectivity index (χ4v) is 3.33. The first-order valence-electron chi connectivity index (χ1n) is 8.34. The van der Waals surface area contributed by atoms with Crippen LogP contribution in [0.4, 0.5) is 11.4 Å². The van der Waals surface area contributed by atoms with E-state index in [9.17, 15) is 14.9 Å². The number of hydrogen-bond acceptors (Lipinski definition) is 3. The molecule has 0 saturated carbocycles. The van der Waals surface area contributed by atoms with Crippen LogP contribution in [0, 0.1) is 10.1 Å². The van der Waals surface area contributed by atoms with E-state index in [2.05, 4.69) is 6.07 Å². The third kappa shape index (κ3) is 2.84. The van der Waals surface area contributed by atoms with Gasteiger partial charge in [0.05, 0.1) is 11.5 Å². The van der Waals surface area contributed by atoms with E-state index in [4.69, 9.17) is 0 Å². The van der Waals surface area contributed by atoms with Crippen molar-refractivity contribution in [1.29, 1.82) is 0 Å². The van der Waals surface area contributed by atoms with E-state index in [1.807, 2.05) is 42.5 Å². The number of fused-ring (bicyclic) bond motifs is 2. The molecule has 0 unspecified atom stereocenters. The molecule has 0 N–H and O–H groups in total. The van der Waals surface area contributed by atoms with Gasteiger partial charge in [-0.3, -0.25) is 14.9 Å². The fourth-order valence-electron chi connectivity index (χ4n) is 3.33. The van der Waals surface area contributed by atoms with Gasteiger partial charge < -0.3 is 4.90 Å². The maximum Gasteiger partial charge on any atom is 0.269 e. The minimum Gasteiger partial charge on any atom is -0.304 e. The number of amides is 1. The molecule has 3 aromatic rings. The van der Waals surface area contributed by atoms with Crippen LogP contribution in [0.3, 0.4) is 0 Å². The van der Waals surface area contributed by atoms with E-state index >= 15 is 0 Å².